The molecule has 4 nitrogen and oxygen atoms in total. The minimum absolute atomic E-state index is 0.0756. The van der Waals surface area contributed by atoms with Gasteiger partial charge in [-0.25, -0.2) is 0 Å². The molecule has 2 rings (SSSR count). The van der Waals surface area contributed by atoms with Gasteiger partial charge in [-0.15, -0.1) is 0 Å². The van der Waals surface area contributed by atoms with Crippen LogP contribution >= 0.6 is 0 Å². The van der Waals surface area contributed by atoms with Crippen molar-refractivity contribution in [1.82, 2.24) is 10.2 Å². The first-order chi connectivity index (χ1) is 5.74. The Bertz CT molecular complexity index is 197. The zero-order chi connectivity index (χ0) is 8.60. The zero-order valence-corrected chi connectivity index (χ0v) is 7.05. The first-order valence-corrected chi connectivity index (χ1v) is 4.38. The van der Waals surface area contributed by atoms with Crippen LogP contribution in [-0.4, -0.2) is 47.7 Å². The minimum atomic E-state index is 0.0756. The summed E-state index contributed by atoms with van der Waals surface area (Å²) in [5.41, 5.74) is 0.0756. The van der Waals surface area contributed by atoms with Gasteiger partial charge in [0.1, 0.15) is 0 Å². The molecular weight excluding hydrogens is 156 g/mol. The number of aliphatic hydroxyl groups is 1. The molecule has 0 aliphatic carbocycles. The molecule has 12 heavy (non-hydrogen) atoms. The molecule has 1 spiro atoms. The number of likely N-dealkylation sites (tertiary alicyclic amines) is 1. The average Bonchev–Trinajstić information content (AvgIpc) is 2.33. The van der Waals surface area contributed by atoms with Gasteiger partial charge in [0.05, 0.1) is 18.6 Å². The van der Waals surface area contributed by atoms with E-state index in [-0.39, 0.29) is 18.1 Å². The highest BCUT2D eigenvalue weighted by Gasteiger charge is 2.47. The van der Waals surface area contributed by atoms with Crippen molar-refractivity contribution < 1.29 is 9.90 Å². The van der Waals surface area contributed by atoms with Crippen LogP contribution in [0.1, 0.15) is 12.8 Å². The second-order valence-electron chi connectivity index (χ2n) is 3.76. The lowest BCUT2D eigenvalue weighted by Crippen LogP contribution is -2.62. The maximum Gasteiger partial charge on any atom is 0.222 e. The number of amides is 1. The summed E-state index contributed by atoms with van der Waals surface area (Å²) >= 11 is 0. The van der Waals surface area contributed by atoms with Gasteiger partial charge in [-0.3, -0.25) is 9.69 Å². The number of β-amino-alcohol motifs (C(OH)–C–C–N with tert-alkyl or cyclic N) is 1. The molecule has 0 unspecified atom stereocenters. The van der Waals surface area contributed by atoms with Crippen LogP contribution in [0, 0.1) is 0 Å². The van der Waals surface area contributed by atoms with Gasteiger partial charge < -0.3 is 10.4 Å². The van der Waals surface area contributed by atoms with E-state index in [2.05, 4.69) is 10.2 Å². The molecule has 0 radical (unpaired) electrons. The third-order valence-electron chi connectivity index (χ3n) is 2.75. The Hall–Kier alpha value is -0.610. The summed E-state index contributed by atoms with van der Waals surface area (Å²) in [4.78, 5) is 12.9. The lowest BCUT2D eigenvalue weighted by atomic mass is 9.86. The van der Waals surface area contributed by atoms with Crippen LogP contribution in [0.3, 0.4) is 0 Å². The van der Waals surface area contributed by atoms with E-state index >= 15 is 0 Å². The van der Waals surface area contributed by atoms with Crippen LogP contribution in [0.5, 0.6) is 0 Å². The molecular formula is C8H14N2O2. The predicted octanol–water partition coefficient (Wildman–Crippen LogP) is -1.06. The van der Waals surface area contributed by atoms with Crippen LogP contribution in [0.2, 0.25) is 0 Å². The van der Waals surface area contributed by atoms with Crippen molar-refractivity contribution in [1.29, 1.82) is 0 Å². The smallest absolute Gasteiger partial charge is 0.222 e. The topological polar surface area (TPSA) is 52.6 Å². The van der Waals surface area contributed by atoms with Gasteiger partial charge in [0.25, 0.3) is 0 Å². The van der Waals surface area contributed by atoms with Gasteiger partial charge in [0.2, 0.25) is 5.91 Å². The van der Waals surface area contributed by atoms with Crippen LogP contribution in [0.4, 0.5) is 0 Å². The van der Waals surface area contributed by atoms with E-state index in [0.29, 0.717) is 6.42 Å². The van der Waals surface area contributed by atoms with Crippen molar-refractivity contribution in [3.63, 3.8) is 0 Å². The van der Waals surface area contributed by atoms with Gasteiger partial charge >= 0.3 is 0 Å². The van der Waals surface area contributed by atoms with Gasteiger partial charge in [0.15, 0.2) is 0 Å². The highest BCUT2D eigenvalue weighted by atomic mass is 16.3. The normalized spacial score (nSPS) is 35.2. The number of hydrogen-bond acceptors (Lipinski definition) is 3. The third kappa shape index (κ3) is 1.21. The van der Waals surface area contributed by atoms with Crippen molar-refractivity contribution in [3.8, 4) is 0 Å². The molecule has 1 atom stereocenters. The molecule has 4 heteroatoms. The van der Waals surface area contributed by atoms with Crippen molar-refractivity contribution in [2.24, 2.45) is 0 Å². The van der Waals surface area contributed by atoms with E-state index in [4.69, 9.17) is 5.11 Å². The molecule has 0 aromatic carbocycles. The van der Waals surface area contributed by atoms with E-state index < -0.39 is 0 Å². The molecule has 2 saturated heterocycles. The number of rotatable bonds is 2. The first kappa shape index (κ1) is 8.01. The van der Waals surface area contributed by atoms with Crippen molar-refractivity contribution >= 4 is 5.91 Å². The molecule has 2 aliphatic heterocycles. The van der Waals surface area contributed by atoms with E-state index in [1.165, 1.54) is 0 Å². The molecule has 2 N–H and O–H groups in total. The number of aliphatic hydroxyl groups excluding tert-OH is 1. The fourth-order valence-corrected chi connectivity index (χ4v) is 2.12. The molecule has 68 valence electrons. The maximum atomic E-state index is 10.7. The number of carbonyl (C=O) groups excluding carboxylic acids is 1. The summed E-state index contributed by atoms with van der Waals surface area (Å²) in [5, 5.41) is 11.7. The van der Waals surface area contributed by atoms with Gasteiger partial charge in [-0.1, -0.05) is 0 Å². The van der Waals surface area contributed by atoms with E-state index in [1.807, 2.05) is 0 Å². The summed E-state index contributed by atoms with van der Waals surface area (Å²) in [6.45, 7) is 2.86. The Balaban J connectivity index is 1.86. The van der Waals surface area contributed by atoms with E-state index in [9.17, 15) is 4.79 Å². The predicted molar refractivity (Wildman–Crippen MR) is 43.6 cm³/mol. The van der Waals surface area contributed by atoms with Gasteiger partial charge in [0, 0.05) is 19.6 Å². The fourth-order valence-electron chi connectivity index (χ4n) is 2.12. The highest BCUT2D eigenvalue weighted by Crippen LogP contribution is 2.30. The number of nitrogens with one attached hydrogen (secondary N) is 1. The molecule has 1 amide bonds. The van der Waals surface area contributed by atoms with Crippen molar-refractivity contribution in [3.05, 3.63) is 0 Å². The summed E-state index contributed by atoms with van der Waals surface area (Å²) < 4.78 is 0. The average molecular weight is 170 g/mol. The monoisotopic (exact) mass is 170 g/mol. The largest absolute Gasteiger partial charge is 0.395 e. The molecule has 2 fully saturated rings. The number of carbonyl (C=O) groups is 1. The number of β-lactam (4-membered cyclic amide) rings is 1. The summed E-state index contributed by atoms with van der Waals surface area (Å²) in [6.07, 6.45) is 1.72. The lowest BCUT2D eigenvalue weighted by Gasteiger charge is -2.38. The quantitative estimate of drug-likeness (QED) is 0.520. The standard InChI is InChI=1S/C8H14N2O2/c11-4-3-10-2-1-8(6-10)5-7(12)9-8/h11H,1-6H2,(H,9,12)/t8-/m0/s1. The number of nitrogens with zero attached hydrogens (tertiary/aromatic N) is 1. The Morgan fingerprint density at radius 1 is 1.67 bits per heavy atom. The van der Waals surface area contributed by atoms with Gasteiger partial charge in [-0.05, 0) is 6.42 Å². The third-order valence-corrected chi connectivity index (χ3v) is 2.75. The molecule has 2 heterocycles. The fraction of sp³-hybridized carbons (Fsp3) is 0.875. The van der Waals surface area contributed by atoms with Crippen molar-refractivity contribution in [2.75, 3.05) is 26.2 Å². The van der Waals surface area contributed by atoms with Crippen LogP contribution < -0.4 is 5.32 Å². The van der Waals surface area contributed by atoms with Crippen LogP contribution in [0.25, 0.3) is 0 Å². The molecule has 0 aromatic rings. The minimum Gasteiger partial charge on any atom is -0.395 e. The van der Waals surface area contributed by atoms with Crippen molar-refractivity contribution in [2.45, 2.75) is 18.4 Å². The first-order valence-electron chi connectivity index (χ1n) is 4.38. The summed E-state index contributed by atoms with van der Waals surface area (Å²) in [5.74, 6) is 0.167. The summed E-state index contributed by atoms with van der Waals surface area (Å²) in [7, 11) is 0. The molecule has 0 bridgehead atoms. The highest BCUT2D eigenvalue weighted by molar-refractivity contribution is 5.85. The Kier molecular flexibility index (Phi) is 1.81. The molecule has 0 saturated carbocycles. The Labute approximate surface area is 71.5 Å². The molecule has 0 aromatic heterocycles. The Morgan fingerprint density at radius 3 is 3.00 bits per heavy atom. The second kappa shape index (κ2) is 2.71. The maximum absolute atomic E-state index is 10.7. The number of hydrogen-bond donors (Lipinski definition) is 2. The second-order valence-corrected chi connectivity index (χ2v) is 3.76. The molecule has 2 aliphatic rings. The zero-order valence-electron chi connectivity index (χ0n) is 7.05. The van der Waals surface area contributed by atoms with Crippen LogP contribution in [-0.2, 0) is 4.79 Å². The lowest BCUT2D eigenvalue weighted by molar-refractivity contribution is -0.132. The SMILES string of the molecule is O=C1C[C@]2(CCN(CCO)C2)N1. The van der Waals surface area contributed by atoms with E-state index in [1.54, 1.807) is 0 Å². The van der Waals surface area contributed by atoms with E-state index in [0.717, 1.165) is 26.1 Å². The summed E-state index contributed by atoms with van der Waals surface area (Å²) in [6, 6.07) is 0. The van der Waals surface area contributed by atoms with Crippen LogP contribution in [0.15, 0.2) is 0 Å². The van der Waals surface area contributed by atoms with Gasteiger partial charge in [-0.2, -0.15) is 0 Å². The Morgan fingerprint density at radius 2 is 2.42 bits per heavy atom.